The second-order valence-electron chi connectivity index (χ2n) is 8.89. The van der Waals surface area contributed by atoms with Crippen LogP contribution in [0.15, 0.2) is 77.5 Å². The van der Waals surface area contributed by atoms with Gasteiger partial charge in [0.2, 0.25) is 0 Å². The Morgan fingerprint density at radius 3 is 2.47 bits per heavy atom. The Morgan fingerprint density at radius 1 is 1.05 bits per heavy atom. The smallest absolute Gasteiger partial charge is 0.336 e. The van der Waals surface area contributed by atoms with E-state index in [4.69, 9.17) is 25.8 Å². The van der Waals surface area contributed by atoms with Gasteiger partial charge in [-0.05, 0) is 60.2 Å². The fraction of sp³-hybridized carbons (Fsp3) is 0.200. The average Bonchev–Trinajstić information content (AvgIpc) is 3.19. The van der Waals surface area contributed by atoms with Crippen LogP contribution in [0.25, 0.3) is 5.70 Å². The molecule has 0 bridgehead atoms. The first-order valence-electron chi connectivity index (χ1n) is 12.1. The summed E-state index contributed by atoms with van der Waals surface area (Å²) in [5.74, 6) is -0.173. The minimum atomic E-state index is -0.649. The summed E-state index contributed by atoms with van der Waals surface area (Å²) in [7, 11) is 1.34. The predicted molar refractivity (Wildman–Crippen MR) is 154 cm³/mol. The number of nitrogens with one attached hydrogen (secondary N) is 1. The molecule has 0 unspecified atom stereocenters. The highest BCUT2D eigenvalue weighted by Gasteiger charge is 2.43. The Balaban J connectivity index is 1.63. The molecule has 1 N–H and O–H groups in total. The third kappa shape index (κ3) is 4.58. The lowest BCUT2D eigenvalue weighted by atomic mass is 9.79. The van der Waals surface area contributed by atoms with Gasteiger partial charge in [-0.15, -0.1) is 0 Å². The molecule has 5 rings (SSSR count). The lowest BCUT2D eigenvalue weighted by Crippen LogP contribution is -2.29. The summed E-state index contributed by atoms with van der Waals surface area (Å²) in [4.78, 5) is 26.7. The van der Waals surface area contributed by atoms with Crippen molar-refractivity contribution in [3.05, 3.63) is 108 Å². The van der Waals surface area contributed by atoms with E-state index in [-0.39, 0.29) is 12.4 Å². The summed E-state index contributed by atoms with van der Waals surface area (Å²) in [6, 6.07) is 18.7. The first-order valence-corrected chi connectivity index (χ1v) is 13.6. The number of esters is 1. The predicted octanol–water partition coefficient (Wildman–Crippen LogP) is 6.66. The molecule has 3 aromatic rings. The van der Waals surface area contributed by atoms with Gasteiger partial charge >= 0.3 is 5.97 Å². The number of Topliss-reactive ketones (excluding diaryl/α,β-unsaturated/α-hetero) is 1. The average molecular weight is 642 g/mol. The van der Waals surface area contributed by atoms with Crippen molar-refractivity contribution < 1.29 is 23.8 Å². The molecule has 8 heteroatoms. The van der Waals surface area contributed by atoms with Crippen molar-refractivity contribution in [2.75, 3.05) is 13.7 Å². The molecular weight excluding hydrogens is 617 g/mol. The van der Waals surface area contributed by atoms with E-state index in [1.54, 1.807) is 0 Å². The summed E-state index contributed by atoms with van der Waals surface area (Å²) in [6.07, 6.45) is 0. The van der Waals surface area contributed by atoms with E-state index in [0.717, 1.165) is 20.3 Å². The van der Waals surface area contributed by atoms with E-state index in [2.05, 4.69) is 27.9 Å². The highest BCUT2D eigenvalue weighted by Crippen LogP contribution is 2.48. The minimum Gasteiger partial charge on any atom is -0.490 e. The Hall–Kier alpha value is -3.30. The summed E-state index contributed by atoms with van der Waals surface area (Å²) < 4.78 is 18.1. The molecule has 0 fully saturated rings. The maximum Gasteiger partial charge on any atom is 0.336 e. The van der Waals surface area contributed by atoms with Crippen molar-refractivity contribution in [1.29, 1.82) is 0 Å². The number of rotatable bonds is 7. The fourth-order valence-corrected chi connectivity index (χ4v) is 5.94. The van der Waals surface area contributed by atoms with Gasteiger partial charge in [-0.3, -0.25) is 4.79 Å². The third-order valence-corrected chi connectivity index (χ3v) is 7.82. The van der Waals surface area contributed by atoms with Crippen molar-refractivity contribution >= 4 is 51.6 Å². The maximum absolute atomic E-state index is 13.7. The lowest BCUT2D eigenvalue weighted by Gasteiger charge is -2.29. The van der Waals surface area contributed by atoms with Gasteiger partial charge < -0.3 is 19.5 Å². The number of halogens is 2. The molecule has 1 aliphatic carbocycles. The Kier molecular flexibility index (Phi) is 7.49. The van der Waals surface area contributed by atoms with Crippen molar-refractivity contribution in [1.82, 2.24) is 5.32 Å². The number of ether oxygens (including phenoxy) is 3. The second kappa shape index (κ2) is 10.8. The number of carbonyl (C=O) groups is 2. The van der Waals surface area contributed by atoms with E-state index in [0.29, 0.717) is 51.2 Å². The number of dihydropyridines is 1. The lowest BCUT2D eigenvalue weighted by molar-refractivity contribution is -0.136. The van der Waals surface area contributed by atoms with E-state index in [1.807, 2.05) is 74.5 Å². The largest absolute Gasteiger partial charge is 0.490 e. The van der Waals surface area contributed by atoms with Gasteiger partial charge in [0.05, 0.1) is 28.6 Å². The molecule has 0 aromatic heterocycles. The van der Waals surface area contributed by atoms with Crippen LogP contribution in [-0.4, -0.2) is 25.5 Å². The molecular formula is C30H25ClINO5. The number of ketones is 1. The van der Waals surface area contributed by atoms with Crippen LogP contribution in [-0.2, 0) is 16.1 Å². The number of hydrogen-bond donors (Lipinski definition) is 1. The van der Waals surface area contributed by atoms with Crippen LogP contribution in [0.1, 0.15) is 46.8 Å². The molecule has 194 valence electrons. The molecule has 1 aliphatic heterocycles. The molecule has 0 saturated carbocycles. The summed E-state index contributed by atoms with van der Waals surface area (Å²) in [5.41, 5.74) is 5.26. The van der Waals surface area contributed by atoms with Crippen LogP contribution < -0.4 is 14.8 Å². The van der Waals surface area contributed by atoms with Gasteiger partial charge in [-0.2, -0.15) is 0 Å². The zero-order valence-electron chi connectivity index (χ0n) is 21.1. The third-order valence-electron chi connectivity index (χ3n) is 6.65. The molecule has 0 radical (unpaired) electrons. The Bertz CT molecular complexity index is 1530. The molecule has 3 aromatic carbocycles. The number of methoxy groups -OCH3 is 1. The number of hydrogen-bond acceptors (Lipinski definition) is 6. The summed E-state index contributed by atoms with van der Waals surface area (Å²) >= 11 is 8.53. The van der Waals surface area contributed by atoms with Crippen molar-refractivity contribution in [3.63, 3.8) is 0 Å². The van der Waals surface area contributed by atoms with Crippen molar-refractivity contribution in [2.24, 2.45) is 0 Å². The minimum absolute atomic E-state index is 0.117. The van der Waals surface area contributed by atoms with Gasteiger partial charge in [0.1, 0.15) is 6.61 Å². The fourth-order valence-electron chi connectivity index (χ4n) is 4.97. The van der Waals surface area contributed by atoms with E-state index in [9.17, 15) is 9.59 Å². The van der Waals surface area contributed by atoms with Crippen molar-refractivity contribution in [3.8, 4) is 11.5 Å². The molecule has 6 nitrogen and oxygen atoms in total. The highest BCUT2D eigenvalue weighted by molar-refractivity contribution is 14.1. The van der Waals surface area contributed by atoms with E-state index < -0.39 is 11.9 Å². The van der Waals surface area contributed by atoms with E-state index >= 15 is 0 Å². The van der Waals surface area contributed by atoms with Gasteiger partial charge in [-0.25, -0.2) is 4.79 Å². The molecule has 38 heavy (non-hydrogen) atoms. The normalized spacial score (nSPS) is 16.1. The zero-order valence-corrected chi connectivity index (χ0v) is 24.0. The van der Waals surface area contributed by atoms with E-state index in [1.165, 1.54) is 7.11 Å². The SMILES string of the molecule is CCOc1cc([C@H]2C(C(=O)OC)=C(C)NC3=C2C(=O)c2ccccc23)cc(I)c1OCc1ccccc1Cl. The zero-order chi connectivity index (χ0) is 27.0. The maximum atomic E-state index is 13.7. The first kappa shape index (κ1) is 26.3. The van der Waals surface area contributed by atoms with Gasteiger partial charge in [0.25, 0.3) is 0 Å². The van der Waals surface area contributed by atoms with Crippen LogP contribution in [0.2, 0.25) is 5.02 Å². The number of fused-ring (bicyclic) bond motifs is 2. The van der Waals surface area contributed by atoms with Crippen LogP contribution in [0.5, 0.6) is 11.5 Å². The van der Waals surface area contributed by atoms with Gasteiger partial charge in [0, 0.05) is 38.9 Å². The molecule has 2 aliphatic rings. The Morgan fingerprint density at radius 2 is 1.76 bits per heavy atom. The highest BCUT2D eigenvalue weighted by atomic mass is 127. The molecule has 1 heterocycles. The van der Waals surface area contributed by atoms with Crippen LogP contribution in [0, 0.1) is 3.57 Å². The van der Waals surface area contributed by atoms with Crippen LogP contribution in [0.4, 0.5) is 0 Å². The molecule has 0 saturated heterocycles. The molecule has 0 amide bonds. The summed E-state index contributed by atoms with van der Waals surface area (Å²) in [6.45, 7) is 4.39. The quantitative estimate of drug-likeness (QED) is 0.230. The van der Waals surface area contributed by atoms with Crippen LogP contribution >= 0.6 is 34.2 Å². The monoisotopic (exact) mass is 641 g/mol. The standard InChI is InChI=1S/C30H25ClINO5/c1-4-37-23-14-18(13-22(32)29(23)38-15-17-9-5-8-12-21(17)31)25-24(30(35)36-3)16(2)33-27-19-10-6-7-11-20(19)28(34)26(25)27/h5-14,25,33H,4,15H2,1-3H3/t25-/m0/s1. The summed E-state index contributed by atoms with van der Waals surface area (Å²) in [5, 5.41) is 3.93. The molecule has 1 atom stereocenters. The second-order valence-corrected chi connectivity index (χ2v) is 10.5. The number of allylic oxidation sites excluding steroid dienone is 2. The van der Waals surface area contributed by atoms with Gasteiger partial charge in [0.15, 0.2) is 17.3 Å². The number of carbonyl (C=O) groups excluding carboxylic acids is 2. The van der Waals surface area contributed by atoms with Crippen molar-refractivity contribution in [2.45, 2.75) is 26.4 Å². The van der Waals surface area contributed by atoms with Gasteiger partial charge in [-0.1, -0.05) is 54.1 Å². The topological polar surface area (TPSA) is 73.9 Å². The first-order chi connectivity index (χ1) is 18.3. The number of benzene rings is 3. The Labute approximate surface area is 239 Å². The molecule has 0 spiro atoms. The van der Waals surface area contributed by atoms with Crippen LogP contribution in [0.3, 0.4) is 0 Å².